The highest BCUT2D eigenvalue weighted by atomic mass is 19.2. The molecule has 0 saturated carbocycles. The number of pyridine rings is 1. The van der Waals surface area contributed by atoms with Crippen molar-refractivity contribution in [3.8, 4) is 17.2 Å². The molecule has 1 aromatic heterocycles. The van der Waals surface area contributed by atoms with E-state index in [0.29, 0.717) is 11.1 Å². The average molecular weight is 245 g/mol. The molecule has 1 heterocycles. The lowest BCUT2D eigenvalue weighted by molar-refractivity contribution is 0.511. The summed E-state index contributed by atoms with van der Waals surface area (Å²) in [4.78, 5) is 3.88. The van der Waals surface area contributed by atoms with Crippen molar-refractivity contribution >= 4 is 5.82 Å². The lowest BCUT2D eigenvalue weighted by atomic mass is 10.0. The molecule has 0 unspecified atom stereocenters. The number of nitriles is 1. The molecule has 0 aliphatic heterocycles. The minimum absolute atomic E-state index is 0.0415. The third kappa shape index (κ3) is 2.13. The second-order valence-electron chi connectivity index (χ2n) is 3.71. The van der Waals surface area contributed by atoms with E-state index >= 15 is 0 Å². The maximum Gasteiger partial charge on any atom is 0.166 e. The Labute approximate surface area is 103 Å². The Morgan fingerprint density at radius 1 is 1.28 bits per heavy atom. The summed E-state index contributed by atoms with van der Waals surface area (Å²) < 4.78 is 26.8. The molecule has 2 N–H and O–H groups in total. The van der Waals surface area contributed by atoms with Crippen LogP contribution in [0.3, 0.4) is 0 Å². The van der Waals surface area contributed by atoms with E-state index in [2.05, 4.69) is 4.98 Å². The third-order valence-corrected chi connectivity index (χ3v) is 2.50. The molecule has 0 fully saturated rings. The Hall–Kier alpha value is -2.48. The Bertz CT molecular complexity index is 633. The van der Waals surface area contributed by atoms with Crippen molar-refractivity contribution in [1.82, 2.24) is 4.98 Å². The lowest BCUT2D eigenvalue weighted by Crippen LogP contribution is -1.98. The van der Waals surface area contributed by atoms with E-state index in [1.807, 2.05) is 6.07 Å². The topological polar surface area (TPSA) is 62.7 Å². The molecular formula is C13H9F2N3. The highest BCUT2D eigenvalue weighted by molar-refractivity contribution is 5.74. The number of anilines is 1. The fourth-order valence-corrected chi connectivity index (χ4v) is 1.63. The summed E-state index contributed by atoms with van der Waals surface area (Å²) in [6, 6.07) is 7.35. The number of benzene rings is 1. The summed E-state index contributed by atoms with van der Waals surface area (Å²) in [7, 11) is 0. The van der Waals surface area contributed by atoms with Crippen LogP contribution in [0, 0.1) is 23.0 Å². The van der Waals surface area contributed by atoms with Gasteiger partial charge < -0.3 is 5.73 Å². The molecule has 18 heavy (non-hydrogen) atoms. The molecule has 0 aliphatic rings. The molecule has 0 aliphatic carbocycles. The molecule has 2 aromatic rings. The first-order valence-corrected chi connectivity index (χ1v) is 5.19. The summed E-state index contributed by atoms with van der Waals surface area (Å²) in [6.45, 7) is 0. The third-order valence-electron chi connectivity index (χ3n) is 2.50. The highest BCUT2D eigenvalue weighted by Crippen LogP contribution is 2.28. The van der Waals surface area contributed by atoms with Gasteiger partial charge in [-0.15, -0.1) is 0 Å². The van der Waals surface area contributed by atoms with Crippen LogP contribution in [0.1, 0.15) is 5.56 Å². The zero-order valence-electron chi connectivity index (χ0n) is 9.32. The van der Waals surface area contributed by atoms with Gasteiger partial charge in [0.1, 0.15) is 5.82 Å². The van der Waals surface area contributed by atoms with E-state index in [9.17, 15) is 8.78 Å². The SMILES string of the molecule is N#CCc1cnc(N)c(-c2cccc(F)c2F)c1. The highest BCUT2D eigenvalue weighted by Gasteiger charge is 2.13. The molecule has 0 radical (unpaired) electrons. The van der Waals surface area contributed by atoms with Crippen LogP contribution in [-0.4, -0.2) is 4.98 Å². The first kappa shape index (κ1) is 12.0. The zero-order chi connectivity index (χ0) is 13.1. The number of nitrogens with zero attached hydrogens (tertiary/aromatic N) is 2. The Morgan fingerprint density at radius 3 is 2.78 bits per heavy atom. The normalized spacial score (nSPS) is 10.1. The molecule has 0 spiro atoms. The number of nitrogens with two attached hydrogens (primary N) is 1. The van der Waals surface area contributed by atoms with Gasteiger partial charge in [0.15, 0.2) is 11.6 Å². The van der Waals surface area contributed by atoms with Gasteiger partial charge in [0.25, 0.3) is 0 Å². The van der Waals surface area contributed by atoms with Gasteiger partial charge in [0.2, 0.25) is 0 Å². The number of rotatable bonds is 2. The van der Waals surface area contributed by atoms with Crippen LogP contribution in [0.2, 0.25) is 0 Å². The van der Waals surface area contributed by atoms with Gasteiger partial charge in [-0.05, 0) is 17.7 Å². The second-order valence-corrected chi connectivity index (χ2v) is 3.71. The first-order chi connectivity index (χ1) is 8.63. The van der Waals surface area contributed by atoms with E-state index in [4.69, 9.17) is 11.0 Å². The van der Waals surface area contributed by atoms with Gasteiger partial charge in [-0.2, -0.15) is 5.26 Å². The minimum Gasteiger partial charge on any atom is -0.383 e. The van der Waals surface area contributed by atoms with Crippen molar-refractivity contribution < 1.29 is 8.78 Å². The lowest BCUT2D eigenvalue weighted by Gasteiger charge is -2.08. The van der Waals surface area contributed by atoms with E-state index in [1.165, 1.54) is 18.3 Å². The Kier molecular flexibility index (Phi) is 3.20. The number of hydrogen-bond donors (Lipinski definition) is 1. The van der Waals surface area contributed by atoms with Crippen molar-refractivity contribution in [1.29, 1.82) is 5.26 Å². The molecule has 90 valence electrons. The van der Waals surface area contributed by atoms with Gasteiger partial charge >= 0.3 is 0 Å². The molecule has 5 heteroatoms. The fourth-order valence-electron chi connectivity index (χ4n) is 1.63. The monoisotopic (exact) mass is 245 g/mol. The molecule has 0 bridgehead atoms. The van der Waals surface area contributed by atoms with Crippen LogP contribution in [0.25, 0.3) is 11.1 Å². The summed E-state index contributed by atoms with van der Waals surface area (Å²) in [5.74, 6) is -1.82. The summed E-state index contributed by atoms with van der Waals surface area (Å²) in [5, 5.41) is 8.61. The van der Waals surface area contributed by atoms with Crippen LogP contribution in [-0.2, 0) is 6.42 Å². The quantitative estimate of drug-likeness (QED) is 0.884. The minimum atomic E-state index is -0.972. The van der Waals surface area contributed by atoms with Crippen LogP contribution in [0.5, 0.6) is 0 Å². The van der Waals surface area contributed by atoms with Crippen molar-refractivity contribution in [2.24, 2.45) is 0 Å². The number of aromatic nitrogens is 1. The predicted octanol–water partition coefficient (Wildman–Crippen LogP) is 2.68. The molecule has 0 amide bonds. The van der Waals surface area contributed by atoms with E-state index in [1.54, 1.807) is 6.07 Å². The van der Waals surface area contributed by atoms with Gasteiger partial charge in [-0.3, -0.25) is 0 Å². The number of nitrogen functional groups attached to an aromatic ring is 1. The largest absolute Gasteiger partial charge is 0.383 e. The van der Waals surface area contributed by atoms with Gasteiger partial charge in [-0.25, -0.2) is 13.8 Å². The smallest absolute Gasteiger partial charge is 0.166 e. The Morgan fingerprint density at radius 2 is 2.06 bits per heavy atom. The first-order valence-electron chi connectivity index (χ1n) is 5.19. The fraction of sp³-hybridized carbons (Fsp3) is 0.0769. The zero-order valence-corrected chi connectivity index (χ0v) is 9.32. The van der Waals surface area contributed by atoms with Crippen molar-refractivity contribution in [2.75, 3.05) is 5.73 Å². The molecule has 3 nitrogen and oxygen atoms in total. The molecule has 2 rings (SSSR count). The van der Waals surface area contributed by atoms with Crippen molar-refractivity contribution in [3.05, 3.63) is 47.7 Å². The van der Waals surface area contributed by atoms with Gasteiger partial charge in [0, 0.05) is 17.3 Å². The standard InChI is InChI=1S/C13H9F2N3/c14-11-3-1-2-9(12(11)15)10-6-8(4-5-16)7-18-13(10)17/h1-3,6-7H,4H2,(H2,17,18). The van der Waals surface area contributed by atoms with Crippen molar-refractivity contribution in [2.45, 2.75) is 6.42 Å². The Balaban J connectivity index is 2.60. The van der Waals surface area contributed by atoms with Crippen LogP contribution in [0.15, 0.2) is 30.5 Å². The molecule has 1 aromatic carbocycles. The molecule has 0 saturated heterocycles. The van der Waals surface area contributed by atoms with E-state index in [0.717, 1.165) is 6.07 Å². The van der Waals surface area contributed by atoms with Gasteiger partial charge in [0.05, 0.1) is 12.5 Å². The average Bonchev–Trinajstić information content (AvgIpc) is 2.36. The number of halogens is 2. The van der Waals surface area contributed by atoms with E-state index in [-0.39, 0.29) is 17.8 Å². The van der Waals surface area contributed by atoms with Crippen molar-refractivity contribution in [3.63, 3.8) is 0 Å². The summed E-state index contributed by atoms with van der Waals surface area (Å²) >= 11 is 0. The maximum atomic E-state index is 13.7. The molecular weight excluding hydrogens is 236 g/mol. The van der Waals surface area contributed by atoms with Crippen LogP contribution < -0.4 is 5.73 Å². The van der Waals surface area contributed by atoms with Gasteiger partial charge in [-0.1, -0.05) is 12.1 Å². The van der Waals surface area contributed by atoms with E-state index < -0.39 is 11.6 Å². The maximum absolute atomic E-state index is 13.7. The summed E-state index contributed by atoms with van der Waals surface area (Å²) in [5.41, 5.74) is 6.59. The van der Waals surface area contributed by atoms with Crippen LogP contribution >= 0.6 is 0 Å². The van der Waals surface area contributed by atoms with Crippen LogP contribution in [0.4, 0.5) is 14.6 Å². The molecule has 0 atom stereocenters. The number of hydrogen-bond acceptors (Lipinski definition) is 3. The summed E-state index contributed by atoms with van der Waals surface area (Å²) in [6.07, 6.45) is 1.58. The predicted molar refractivity (Wildman–Crippen MR) is 63.3 cm³/mol. The second kappa shape index (κ2) is 4.80.